The summed E-state index contributed by atoms with van der Waals surface area (Å²) >= 11 is 0. The third kappa shape index (κ3) is 7.12. The van der Waals surface area contributed by atoms with E-state index in [1.807, 2.05) is 6.07 Å². The summed E-state index contributed by atoms with van der Waals surface area (Å²) in [5, 5.41) is 10.4. The van der Waals surface area contributed by atoms with Gasteiger partial charge in [-0.25, -0.2) is 0 Å². The quantitative estimate of drug-likeness (QED) is 0.605. The Morgan fingerprint density at radius 1 is 0.667 bits per heavy atom. The molecule has 2 fully saturated rings. The Labute approximate surface area is 165 Å². The van der Waals surface area contributed by atoms with E-state index in [-0.39, 0.29) is 0 Å². The molecule has 0 spiro atoms. The fourth-order valence-electron chi connectivity index (χ4n) is 4.50. The molecule has 2 aliphatic carbocycles. The van der Waals surface area contributed by atoms with Gasteiger partial charge in [0.15, 0.2) is 0 Å². The van der Waals surface area contributed by atoms with E-state index in [1.54, 1.807) is 6.07 Å². The van der Waals surface area contributed by atoms with E-state index in [4.69, 9.17) is 9.47 Å². The Balaban J connectivity index is 1.54. The van der Waals surface area contributed by atoms with Crippen LogP contribution in [0.3, 0.4) is 0 Å². The van der Waals surface area contributed by atoms with Crippen LogP contribution in [0.2, 0.25) is 0 Å². The first-order valence-electron chi connectivity index (χ1n) is 11.4. The van der Waals surface area contributed by atoms with Gasteiger partial charge in [0.05, 0.1) is 25.4 Å². The highest BCUT2D eigenvalue weighted by atomic mass is 16.5. The molecule has 3 rings (SSSR count). The summed E-state index contributed by atoms with van der Waals surface area (Å²) in [7, 11) is 0. The molecule has 0 aliphatic heterocycles. The minimum atomic E-state index is 0.337. The Bertz CT molecular complexity index is 526. The first-order valence-corrected chi connectivity index (χ1v) is 11.4. The fraction of sp³-hybridized carbons (Fsp3) is 0.750. The molecular weight excluding hydrogens is 336 g/mol. The molecule has 0 unspecified atom stereocenters. The predicted octanol–water partition coefficient (Wildman–Crippen LogP) is 6.65. The topological polar surface area (TPSA) is 38.7 Å². The molecule has 3 nitrogen and oxygen atoms in total. The van der Waals surface area contributed by atoms with Gasteiger partial charge in [0, 0.05) is 5.56 Å². The van der Waals surface area contributed by atoms with E-state index >= 15 is 0 Å². The zero-order chi connectivity index (χ0) is 18.7. The van der Waals surface area contributed by atoms with Gasteiger partial charge in [0.25, 0.3) is 0 Å². The molecule has 1 aromatic carbocycles. The molecule has 0 bridgehead atoms. The lowest BCUT2D eigenvalue weighted by Gasteiger charge is -2.23. The van der Waals surface area contributed by atoms with Crippen LogP contribution in [0, 0.1) is 0 Å². The zero-order valence-corrected chi connectivity index (χ0v) is 17.0. The van der Waals surface area contributed by atoms with E-state index in [0.29, 0.717) is 31.2 Å². The number of rotatable bonds is 6. The van der Waals surface area contributed by atoms with Gasteiger partial charge in [-0.2, -0.15) is 0 Å². The minimum Gasteiger partial charge on any atom is -0.508 e. The molecule has 0 saturated heterocycles. The van der Waals surface area contributed by atoms with E-state index < -0.39 is 0 Å². The van der Waals surface area contributed by atoms with Gasteiger partial charge >= 0.3 is 0 Å². The normalized spacial score (nSPS) is 21.2. The first kappa shape index (κ1) is 20.7. The second-order valence-electron chi connectivity index (χ2n) is 8.47. The second-order valence-corrected chi connectivity index (χ2v) is 8.47. The van der Waals surface area contributed by atoms with E-state index in [1.165, 1.54) is 77.0 Å². The molecule has 0 radical (unpaired) electrons. The summed E-state index contributed by atoms with van der Waals surface area (Å²) in [6.45, 7) is 1.09. The highest BCUT2D eigenvalue weighted by Crippen LogP contribution is 2.27. The smallest absolute Gasteiger partial charge is 0.121 e. The average molecular weight is 375 g/mol. The maximum atomic E-state index is 10.4. The summed E-state index contributed by atoms with van der Waals surface area (Å²) in [5.74, 6) is 0.347. The van der Waals surface area contributed by atoms with Crippen molar-refractivity contribution in [2.45, 2.75) is 115 Å². The fourth-order valence-corrected chi connectivity index (χ4v) is 4.50. The summed E-state index contributed by atoms with van der Waals surface area (Å²) in [6.07, 6.45) is 18.5. The third-order valence-corrected chi connectivity index (χ3v) is 6.29. The number of phenols is 1. The average Bonchev–Trinajstić information content (AvgIpc) is 2.61. The van der Waals surface area contributed by atoms with Gasteiger partial charge in [-0.05, 0) is 37.3 Å². The molecule has 0 amide bonds. The highest BCUT2D eigenvalue weighted by molar-refractivity contribution is 5.38. The Kier molecular flexibility index (Phi) is 8.96. The van der Waals surface area contributed by atoms with Crippen molar-refractivity contribution in [3.05, 3.63) is 29.3 Å². The summed E-state index contributed by atoms with van der Waals surface area (Å²) in [4.78, 5) is 0. The third-order valence-electron chi connectivity index (χ3n) is 6.29. The van der Waals surface area contributed by atoms with Crippen molar-refractivity contribution in [1.29, 1.82) is 0 Å². The van der Waals surface area contributed by atoms with Crippen LogP contribution in [-0.2, 0) is 22.7 Å². The van der Waals surface area contributed by atoms with Crippen molar-refractivity contribution in [2.24, 2.45) is 0 Å². The van der Waals surface area contributed by atoms with Gasteiger partial charge in [-0.15, -0.1) is 0 Å². The van der Waals surface area contributed by atoms with Crippen molar-refractivity contribution in [3.8, 4) is 5.75 Å². The Morgan fingerprint density at radius 3 is 1.70 bits per heavy atom. The predicted molar refractivity (Wildman–Crippen MR) is 110 cm³/mol. The maximum absolute atomic E-state index is 10.4. The number of hydrogen-bond donors (Lipinski definition) is 1. The molecule has 0 atom stereocenters. The lowest BCUT2D eigenvalue weighted by atomic mass is 9.98. The van der Waals surface area contributed by atoms with Crippen LogP contribution >= 0.6 is 0 Å². The lowest BCUT2D eigenvalue weighted by molar-refractivity contribution is 0.0131. The molecule has 152 valence electrons. The molecular formula is C24H38O3. The SMILES string of the molecule is Oc1cccc(COC2CCCCCCC2)c1COC1CCCCCCC1. The molecule has 0 heterocycles. The van der Waals surface area contributed by atoms with Crippen LogP contribution in [0.1, 0.15) is 101 Å². The Morgan fingerprint density at radius 2 is 1.15 bits per heavy atom. The Hall–Kier alpha value is -1.06. The van der Waals surface area contributed by atoms with E-state index in [9.17, 15) is 5.11 Å². The zero-order valence-electron chi connectivity index (χ0n) is 17.0. The van der Waals surface area contributed by atoms with Crippen LogP contribution in [0.15, 0.2) is 18.2 Å². The van der Waals surface area contributed by atoms with Crippen LogP contribution in [-0.4, -0.2) is 17.3 Å². The van der Waals surface area contributed by atoms with Gasteiger partial charge in [0.2, 0.25) is 0 Å². The molecule has 3 heteroatoms. The standard InChI is InChI=1S/C24H38O3/c25-24-17-11-12-20(18-26-21-13-7-3-1-4-8-14-21)23(24)19-27-22-15-9-5-2-6-10-16-22/h11-12,17,21-22,25H,1-10,13-16,18-19H2. The van der Waals surface area contributed by atoms with Gasteiger partial charge in [-0.3, -0.25) is 0 Å². The van der Waals surface area contributed by atoms with Crippen LogP contribution in [0.25, 0.3) is 0 Å². The number of ether oxygens (including phenoxy) is 2. The number of phenolic OH excluding ortho intramolecular Hbond substituents is 1. The van der Waals surface area contributed by atoms with Crippen LogP contribution in [0.4, 0.5) is 0 Å². The molecule has 27 heavy (non-hydrogen) atoms. The van der Waals surface area contributed by atoms with Crippen molar-refractivity contribution < 1.29 is 14.6 Å². The first-order chi connectivity index (χ1) is 13.3. The van der Waals surface area contributed by atoms with Crippen LogP contribution < -0.4 is 0 Å². The minimum absolute atomic E-state index is 0.337. The lowest BCUT2D eigenvalue weighted by Crippen LogP contribution is -2.17. The van der Waals surface area contributed by atoms with E-state index in [0.717, 1.165) is 24.0 Å². The molecule has 0 aromatic heterocycles. The summed E-state index contributed by atoms with van der Waals surface area (Å²) in [5.41, 5.74) is 2.01. The van der Waals surface area contributed by atoms with Crippen LogP contribution in [0.5, 0.6) is 5.75 Å². The second kappa shape index (κ2) is 11.7. The number of benzene rings is 1. The van der Waals surface area contributed by atoms with E-state index in [2.05, 4.69) is 6.07 Å². The maximum Gasteiger partial charge on any atom is 0.121 e. The van der Waals surface area contributed by atoms with Crippen molar-refractivity contribution in [3.63, 3.8) is 0 Å². The number of hydrogen-bond acceptors (Lipinski definition) is 3. The summed E-state index contributed by atoms with van der Waals surface area (Å²) in [6, 6.07) is 5.78. The molecule has 2 aliphatic rings. The van der Waals surface area contributed by atoms with Crippen molar-refractivity contribution in [2.75, 3.05) is 0 Å². The largest absolute Gasteiger partial charge is 0.508 e. The van der Waals surface area contributed by atoms with Gasteiger partial charge in [0.1, 0.15) is 5.75 Å². The molecule has 1 N–H and O–H groups in total. The van der Waals surface area contributed by atoms with Gasteiger partial charge < -0.3 is 14.6 Å². The molecule has 2 saturated carbocycles. The van der Waals surface area contributed by atoms with Gasteiger partial charge in [-0.1, -0.05) is 76.3 Å². The monoisotopic (exact) mass is 374 g/mol. The molecule has 1 aromatic rings. The highest BCUT2D eigenvalue weighted by Gasteiger charge is 2.17. The van der Waals surface area contributed by atoms with Crippen molar-refractivity contribution in [1.82, 2.24) is 0 Å². The van der Waals surface area contributed by atoms with Crippen molar-refractivity contribution >= 4 is 0 Å². The summed E-state index contributed by atoms with van der Waals surface area (Å²) < 4.78 is 12.5. The number of aromatic hydroxyl groups is 1.